The first-order chi connectivity index (χ1) is 7.19. The van der Waals surface area contributed by atoms with Gasteiger partial charge in [-0.3, -0.25) is 4.90 Å². The fraction of sp³-hybridized carbons (Fsp3) is 1.00. The Morgan fingerprint density at radius 2 is 2.20 bits per heavy atom. The lowest BCUT2D eigenvalue weighted by Gasteiger charge is -2.42. The van der Waals surface area contributed by atoms with Gasteiger partial charge in [-0.25, -0.2) is 4.39 Å². The highest BCUT2D eigenvalue weighted by molar-refractivity contribution is 4.87. The minimum Gasteiger partial charge on any atom is -0.311 e. The lowest BCUT2D eigenvalue weighted by molar-refractivity contribution is 0.0890. The Hall–Kier alpha value is -0.150. The third-order valence-electron chi connectivity index (χ3n) is 3.32. The number of hydrogen-bond donors (Lipinski definition) is 1. The standard InChI is InChI=1S/C12H25FN2/c1-4-5-11-9-15(7-6-13)12(8-14-11)10(2)3/h10-12,14H,4-9H2,1-3H3. The number of piperazine rings is 1. The summed E-state index contributed by atoms with van der Waals surface area (Å²) >= 11 is 0. The summed E-state index contributed by atoms with van der Waals surface area (Å²) in [5.74, 6) is 0.603. The van der Waals surface area contributed by atoms with Crippen molar-refractivity contribution in [2.45, 2.75) is 45.7 Å². The molecule has 0 aromatic rings. The maximum atomic E-state index is 12.5. The maximum absolute atomic E-state index is 12.5. The van der Waals surface area contributed by atoms with E-state index in [4.69, 9.17) is 0 Å². The highest BCUT2D eigenvalue weighted by Crippen LogP contribution is 2.16. The molecular formula is C12H25FN2. The molecule has 1 rings (SSSR count). The second-order valence-corrected chi connectivity index (χ2v) is 4.89. The summed E-state index contributed by atoms with van der Waals surface area (Å²) in [5, 5.41) is 3.58. The summed E-state index contributed by atoms with van der Waals surface area (Å²) in [6, 6.07) is 1.07. The molecule has 0 radical (unpaired) electrons. The zero-order chi connectivity index (χ0) is 11.3. The average molecular weight is 216 g/mol. The van der Waals surface area contributed by atoms with Gasteiger partial charge in [-0.15, -0.1) is 0 Å². The van der Waals surface area contributed by atoms with Crippen molar-refractivity contribution in [3.8, 4) is 0 Å². The molecule has 0 aromatic carbocycles. The molecule has 1 aliphatic rings. The lowest BCUT2D eigenvalue weighted by Crippen LogP contribution is -2.58. The van der Waals surface area contributed by atoms with E-state index in [9.17, 15) is 4.39 Å². The van der Waals surface area contributed by atoms with Crippen molar-refractivity contribution in [3.05, 3.63) is 0 Å². The summed E-state index contributed by atoms with van der Waals surface area (Å²) in [5.41, 5.74) is 0. The van der Waals surface area contributed by atoms with E-state index >= 15 is 0 Å². The first-order valence-corrected chi connectivity index (χ1v) is 6.22. The predicted octanol–water partition coefficient (Wildman–Crippen LogP) is 2.05. The topological polar surface area (TPSA) is 15.3 Å². The molecule has 1 aliphatic heterocycles. The van der Waals surface area contributed by atoms with Gasteiger partial charge in [0, 0.05) is 31.7 Å². The van der Waals surface area contributed by atoms with Crippen molar-refractivity contribution in [1.82, 2.24) is 10.2 Å². The van der Waals surface area contributed by atoms with Crippen LogP contribution in [0.5, 0.6) is 0 Å². The molecule has 15 heavy (non-hydrogen) atoms. The van der Waals surface area contributed by atoms with Crippen molar-refractivity contribution in [3.63, 3.8) is 0 Å². The number of alkyl halides is 1. The molecular weight excluding hydrogens is 191 g/mol. The molecule has 2 unspecified atom stereocenters. The molecule has 1 saturated heterocycles. The first kappa shape index (κ1) is 12.9. The van der Waals surface area contributed by atoms with Gasteiger partial charge in [-0.1, -0.05) is 27.2 Å². The van der Waals surface area contributed by atoms with Gasteiger partial charge in [0.25, 0.3) is 0 Å². The Morgan fingerprint density at radius 1 is 1.47 bits per heavy atom. The SMILES string of the molecule is CCCC1CN(CCF)C(C(C)C)CN1. The van der Waals surface area contributed by atoms with Crippen molar-refractivity contribution >= 4 is 0 Å². The van der Waals surface area contributed by atoms with Gasteiger partial charge >= 0.3 is 0 Å². The highest BCUT2D eigenvalue weighted by atomic mass is 19.1. The Balaban J connectivity index is 2.48. The Bertz CT molecular complexity index is 173. The van der Waals surface area contributed by atoms with Gasteiger partial charge in [-0.05, 0) is 12.3 Å². The van der Waals surface area contributed by atoms with Crippen molar-refractivity contribution < 1.29 is 4.39 Å². The summed E-state index contributed by atoms with van der Waals surface area (Å²) in [4.78, 5) is 2.32. The summed E-state index contributed by atoms with van der Waals surface area (Å²) in [6.07, 6.45) is 2.40. The fourth-order valence-corrected chi connectivity index (χ4v) is 2.46. The van der Waals surface area contributed by atoms with E-state index in [0.717, 1.165) is 13.1 Å². The fourth-order valence-electron chi connectivity index (χ4n) is 2.46. The van der Waals surface area contributed by atoms with Gasteiger partial charge in [-0.2, -0.15) is 0 Å². The molecule has 0 aromatic heterocycles. The van der Waals surface area contributed by atoms with Crippen LogP contribution < -0.4 is 5.32 Å². The van der Waals surface area contributed by atoms with E-state index in [-0.39, 0.29) is 6.67 Å². The molecule has 0 spiro atoms. The van der Waals surface area contributed by atoms with Gasteiger partial charge < -0.3 is 5.32 Å². The largest absolute Gasteiger partial charge is 0.311 e. The molecule has 0 bridgehead atoms. The van der Waals surface area contributed by atoms with Gasteiger partial charge in [0.05, 0.1) is 0 Å². The molecule has 2 atom stereocenters. The third kappa shape index (κ3) is 3.72. The third-order valence-corrected chi connectivity index (χ3v) is 3.32. The van der Waals surface area contributed by atoms with Crippen LogP contribution in [0.15, 0.2) is 0 Å². The minimum atomic E-state index is -0.220. The number of rotatable bonds is 5. The van der Waals surface area contributed by atoms with Crippen molar-refractivity contribution in [1.29, 1.82) is 0 Å². The number of hydrogen-bond acceptors (Lipinski definition) is 2. The summed E-state index contributed by atoms with van der Waals surface area (Å²) < 4.78 is 12.5. The average Bonchev–Trinajstić information content (AvgIpc) is 2.18. The monoisotopic (exact) mass is 216 g/mol. The Labute approximate surface area is 93.2 Å². The van der Waals surface area contributed by atoms with Crippen LogP contribution in [0, 0.1) is 5.92 Å². The minimum absolute atomic E-state index is 0.220. The smallest absolute Gasteiger partial charge is 0.102 e. The van der Waals surface area contributed by atoms with E-state index in [1.54, 1.807) is 0 Å². The molecule has 2 nitrogen and oxygen atoms in total. The lowest BCUT2D eigenvalue weighted by atomic mass is 9.97. The molecule has 1 heterocycles. The van der Waals surface area contributed by atoms with Gasteiger partial charge in [0.1, 0.15) is 6.67 Å². The van der Waals surface area contributed by atoms with Crippen LogP contribution >= 0.6 is 0 Å². The van der Waals surface area contributed by atoms with Crippen LogP contribution in [0.3, 0.4) is 0 Å². The Kier molecular flexibility index (Phi) is 5.54. The van der Waals surface area contributed by atoms with Gasteiger partial charge in [0.2, 0.25) is 0 Å². The van der Waals surface area contributed by atoms with E-state index in [1.807, 2.05) is 0 Å². The van der Waals surface area contributed by atoms with Crippen LogP contribution in [0.25, 0.3) is 0 Å². The summed E-state index contributed by atoms with van der Waals surface area (Å²) in [7, 11) is 0. The van der Waals surface area contributed by atoms with Gasteiger partial charge in [0.15, 0.2) is 0 Å². The number of nitrogens with one attached hydrogen (secondary N) is 1. The second kappa shape index (κ2) is 6.44. The molecule has 1 fully saturated rings. The predicted molar refractivity (Wildman–Crippen MR) is 62.9 cm³/mol. The zero-order valence-electron chi connectivity index (χ0n) is 10.3. The van der Waals surface area contributed by atoms with E-state index in [0.29, 0.717) is 24.5 Å². The maximum Gasteiger partial charge on any atom is 0.102 e. The molecule has 0 aliphatic carbocycles. The van der Waals surface area contributed by atoms with Crippen molar-refractivity contribution in [2.24, 2.45) is 5.92 Å². The van der Waals surface area contributed by atoms with E-state index < -0.39 is 0 Å². The van der Waals surface area contributed by atoms with Crippen LogP contribution in [0.1, 0.15) is 33.6 Å². The van der Waals surface area contributed by atoms with E-state index in [1.165, 1.54) is 12.8 Å². The van der Waals surface area contributed by atoms with Crippen LogP contribution in [0.4, 0.5) is 4.39 Å². The molecule has 0 saturated carbocycles. The number of halogens is 1. The molecule has 1 N–H and O–H groups in total. The second-order valence-electron chi connectivity index (χ2n) is 4.89. The Morgan fingerprint density at radius 3 is 2.73 bits per heavy atom. The molecule has 0 amide bonds. The molecule has 3 heteroatoms. The molecule has 90 valence electrons. The van der Waals surface area contributed by atoms with Crippen molar-refractivity contribution in [2.75, 3.05) is 26.3 Å². The first-order valence-electron chi connectivity index (χ1n) is 6.22. The summed E-state index contributed by atoms with van der Waals surface area (Å²) in [6.45, 7) is 9.06. The number of nitrogens with zero attached hydrogens (tertiary/aromatic N) is 1. The normalized spacial score (nSPS) is 28.6. The highest BCUT2D eigenvalue weighted by Gasteiger charge is 2.28. The van der Waals surface area contributed by atoms with Crippen LogP contribution in [-0.2, 0) is 0 Å². The van der Waals surface area contributed by atoms with E-state index in [2.05, 4.69) is 31.0 Å². The van der Waals surface area contributed by atoms with Crippen LogP contribution in [0.2, 0.25) is 0 Å². The quantitative estimate of drug-likeness (QED) is 0.756. The van der Waals surface area contributed by atoms with Crippen LogP contribution in [-0.4, -0.2) is 43.3 Å². The zero-order valence-corrected chi connectivity index (χ0v) is 10.3.